The van der Waals surface area contributed by atoms with Crippen molar-refractivity contribution in [2.75, 3.05) is 6.61 Å². The molecule has 6 rings (SSSR count). The predicted octanol–water partition coefficient (Wildman–Crippen LogP) is 3.99. The van der Waals surface area contributed by atoms with Crippen molar-refractivity contribution in [2.24, 2.45) is 17.8 Å². The highest BCUT2D eigenvalue weighted by atomic mass is 16.5. The molecule has 0 aliphatic heterocycles. The van der Waals surface area contributed by atoms with Gasteiger partial charge in [-0.05, 0) is 81.8 Å². The summed E-state index contributed by atoms with van der Waals surface area (Å²) in [5, 5.41) is 3.50. The quantitative estimate of drug-likeness (QED) is 0.869. The van der Waals surface area contributed by atoms with E-state index in [-0.39, 0.29) is 11.4 Å². The lowest BCUT2D eigenvalue weighted by Crippen LogP contribution is -2.60. The summed E-state index contributed by atoms with van der Waals surface area (Å²) in [4.78, 5) is 18.2. The second-order valence-electron chi connectivity index (χ2n) is 8.91. The Morgan fingerprint density at radius 3 is 2.48 bits per heavy atom. The van der Waals surface area contributed by atoms with Gasteiger partial charge in [0.05, 0.1) is 12.3 Å². The Morgan fingerprint density at radius 1 is 1.22 bits per heavy atom. The summed E-state index contributed by atoms with van der Waals surface area (Å²) in [5.41, 5.74) is 2.29. The molecule has 1 amide bonds. The van der Waals surface area contributed by atoms with E-state index in [0.717, 1.165) is 60.5 Å². The average molecular weight is 367 g/mol. The molecule has 4 saturated carbocycles. The van der Waals surface area contributed by atoms with Crippen LogP contribution in [-0.4, -0.2) is 27.4 Å². The first-order valence-corrected chi connectivity index (χ1v) is 10.6. The van der Waals surface area contributed by atoms with Crippen LogP contribution in [0.2, 0.25) is 0 Å². The maximum absolute atomic E-state index is 13.4. The fraction of sp³-hybridized carbons (Fsp3) is 0.636. The highest BCUT2D eigenvalue weighted by Gasteiger charge is 2.51. The number of hydrogen-bond donors (Lipinski definition) is 1. The van der Waals surface area contributed by atoms with E-state index in [4.69, 9.17) is 9.72 Å². The number of nitrogens with one attached hydrogen (secondary N) is 1. The van der Waals surface area contributed by atoms with Crippen molar-refractivity contribution < 1.29 is 9.53 Å². The lowest BCUT2D eigenvalue weighted by atomic mass is 9.53. The summed E-state index contributed by atoms with van der Waals surface area (Å²) in [7, 11) is 0. The zero-order valence-electron chi connectivity index (χ0n) is 16.3. The summed E-state index contributed by atoms with van der Waals surface area (Å²) < 4.78 is 7.65. The van der Waals surface area contributed by atoms with Crippen molar-refractivity contribution in [1.82, 2.24) is 14.7 Å². The number of nitrogens with zero attached hydrogens (tertiary/aromatic N) is 2. The van der Waals surface area contributed by atoms with Crippen molar-refractivity contribution in [2.45, 2.75) is 64.3 Å². The summed E-state index contributed by atoms with van der Waals surface area (Å²) in [6, 6.07) is 3.85. The van der Waals surface area contributed by atoms with Crippen LogP contribution >= 0.6 is 0 Å². The number of carbonyl (C=O) groups excluding carboxylic acids is 1. The first kappa shape index (κ1) is 17.1. The van der Waals surface area contributed by atoms with Crippen LogP contribution in [0.3, 0.4) is 0 Å². The van der Waals surface area contributed by atoms with Gasteiger partial charge in [-0.25, -0.2) is 4.98 Å². The number of aromatic nitrogens is 2. The van der Waals surface area contributed by atoms with Crippen molar-refractivity contribution in [3.05, 3.63) is 29.7 Å². The van der Waals surface area contributed by atoms with E-state index in [1.807, 2.05) is 29.7 Å². The maximum atomic E-state index is 13.4. The van der Waals surface area contributed by atoms with Gasteiger partial charge in [0, 0.05) is 11.7 Å². The molecule has 5 heteroatoms. The number of pyridine rings is 1. The number of aryl methyl sites for hydroxylation is 1. The third kappa shape index (κ3) is 2.74. The maximum Gasteiger partial charge on any atom is 0.270 e. The van der Waals surface area contributed by atoms with E-state index in [9.17, 15) is 4.79 Å². The van der Waals surface area contributed by atoms with Gasteiger partial charge < -0.3 is 10.1 Å². The number of ether oxygens (including phenoxy) is 1. The summed E-state index contributed by atoms with van der Waals surface area (Å²) >= 11 is 0. The fourth-order valence-electron chi connectivity index (χ4n) is 6.41. The summed E-state index contributed by atoms with van der Waals surface area (Å²) in [6.45, 7) is 4.61. The molecule has 2 heterocycles. The molecule has 2 aromatic heterocycles. The van der Waals surface area contributed by atoms with E-state index in [0.29, 0.717) is 12.3 Å². The van der Waals surface area contributed by atoms with Gasteiger partial charge in [-0.15, -0.1) is 0 Å². The Bertz CT molecular complexity index is 850. The minimum Gasteiger partial charge on any atom is -0.490 e. The molecule has 5 nitrogen and oxygen atoms in total. The van der Waals surface area contributed by atoms with Crippen molar-refractivity contribution >= 4 is 11.6 Å². The van der Waals surface area contributed by atoms with Crippen LogP contribution in [0.15, 0.2) is 18.3 Å². The molecule has 0 aromatic carbocycles. The Morgan fingerprint density at radius 2 is 1.89 bits per heavy atom. The van der Waals surface area contributed by atoms with Gasteiger partial charge in [-0.2, -0.15) is 0 Å². The zero-order valence-corrected chi connectivity index (χ0v) is 16.3. The lowest BCUT2D eigenvalue weighted by Gasteiger charge is -2.56. The third-order valence-corrected chi connectivity index (χ3v) is 6.95. The lowest BCUT2D eigenvalue weighted by molar-refractivity contribution is -0.0168. The van der Waals surface area contributed by atoms with Gasteiger partial charge in [0.25, 0.3) is 5.91 Å². The molecule has 0 spiro atoms. The topological polar surface area (TPSA) is 55.6 Å². The van der Waals surface area contributed by atoms with Crippen LogP contribution in [0.4, 0.5) is 0 Å². The van der Waals surface area contributed by atoms with E-state index in [1.54, 1.807) is 0 Å². The highest BCUT2D eigenvalue weighted by molar-refractivity contribution is 5.95. The molecule has 4 fully saturated rings. The Labute approximate surface area is 160 Å². The molecule has 0 radical (unpaired) electrons. The molecular weight excluding hydrogens is 338 g/mol. The first-order valence-electron chi connectivity index (χ1n) is 10.6. The normalized spacial score (nSPS) is 31.4. The molecule has 4 bridgehead atoms. The van der Waals surface area contributed by atoms with Gasteiger partial charge >= 0.3 is 0 Å². The monoisotopic (exact) mass is 367 g/mol. The molecule has 0 atom stereocenters. The molecule has 0 saturated heterocycles. The van der Waals surface area contributed by atoms with Crippen LogP contribution in [-0.2, 0) is 6.42 Å². The Kier molecular flexibility index (Phi) is 3.95. The van der Waals surface area contributed by atoms with E-state index < -0.39 is 0 Å². The van der Waals surface area contributed by atoms with Gasteiger partial charge in [0.15, 0.2) is 11.4 Å². The van der Waals surface area contributed by atoms with Gasteiger partial charge in [0.2, 0.25) is 0 Å². The number of fused-ring (bicyclic) bond motifs is 1. The molecular formula is C22H29N3O2. The first-order chi connectivity index (χ1) is 13.1. The van der Waals surface area contributed by atoms with Crippen molar-refractivity contribution in [1.29, 1.82) is 0 Å². The highest BCUT2D eigenvalue weighted by Crippen LogP contribution is 2.55. The van der Waals surface area contributed by atoms with Crippen LogP contribution < -0.4 is 10.1 Å². The fourth-order valence-corrected chi connectivity index (χ4v) is 6.41. The largest absolute Gasteiger partial charge is 0.490 e. The van der Waals surface area contributed by atoms with Gasteiger partial charge in [0.1, 0.15) is 5.69 Å². The third-order valence-electron chi connectivity index (χ3n) is 6.95. The van der Waals surface area contributed by atoms with Crippen LogP contribution in [0.5, 0.6) is 5.75 Å². The SMILES string of the molecule is CCOc1cccn2c(C(=O)NC34CC5CC(CC(C5)C3)C4)c(CC)nc12. The van der Waals surface area contributed by atoms with E-state index >= 15 is 0 Å². The van der Waals surface area contributed by atoms with Crippen molar-refractivity contribution in [3.8, 4) is 5.75 Å². The van der Waals surface area contributed by atoms with Gasteiger partial charge in [-0.3, -0.25) is 9.20 Å². The number of hydrogen-bond acceptors (Lipinski definition) is 3. The van der Waals surface area contributed by atoms with E-state index in [1.165, 1.54) is 19.3 Å². The summed E-state index contributed by atoms with van der Waals surface area (Å²) in [6.07, 6.45) is 10.3. The van der Waals surface area contributed by atoms with Gasteiger partial charge in [-0.1, -0.05) is 6.92 Å². The molecule has 2 aromatic rings. The summed E-state index contributed by atoms with van der Waals surface area (Å²) in [5.74, 6) is 3.22. The van der Waals surface area contributed by atoms with Crippen molar-refractivity contribution in [3.63, 3.8) is 0 Å². The standard InChI is InChI=1S/C22H29N3O2/c1-3-17-19(25-7-5-6-18(27-4-2)20(25)23-17)21(26)24-22-11-14-8-15(12-22)10-16(9-14)13-22/h5-7,14-16H,3-4,8-13H2,1-2H3,(H,24,26). The van der Waals surface area contributed by atoms with Crippen LogP contribution in [0.25, 0.3) is 5.65 Å². The predicted molar refractivity (Wildman–Crippen MR) is 104 cm³/mol. The Hall–Kier alpha value is -2.04. The minimum absolute atomic E-state index is 0.0124. The number of carbonyl (C=O) groups is 1. The van der Waals surface area contributed by atoms with Crippen LogP contribution in [0.1, 0.15) is 68.6 Å². The zero-order chi connectivity index (χ0) is 18.6. The molecule has 27 heavy (non-hydrogen) atoms. The average Bonchev–Trinajstić information content (AvgIpc) is 3.00. The molecule has 144 valence electrons. The minimum atomic E-state index is 0.0124. The number of rotatable bonds is 5. The smallest absolute Gasteiger partial charge is 0.270 e. The second kappa shape index (κ2) is 6.25. The molecule has 1 N–H and O–H groups in total. The second-order valence-corrected chi connectivity index (χ2v) is 8.91. The molecule has 4 aliphatic carbocycles. The Balaban J connectivity index is 1.50. The molecule has 0 unspecified atom stereocenters. The molecule has 4 aliphatic rings. The number of imidazole rings is 1. The van der Waals surface area contributed by atoms with Crippen LogP contribution in [0, 0.1) is 17.8 Å². The van der Waals surface area contributed by atoms with E-state index in [2.05, 4.69) is 12.2 Å². The number of amides is 1.